The van der Waals surface area contributed by atoms with E-state index in [4.69, 9.17) is 14.2 Å². The first-order valence-corrected chi connectivity index (χ1v) is 12.5. The number of carbonyl (C=O) groups excluding carboxylic acids is 2. The fraction of sp³-hybridized carbons (Fsp3) is 0.400. The molecule has 0 spiro atoms. The summed E-state index contributed by atoms with van der Waals surface area (Å²) in [5.41, 5.74) is 4.68. The van der Waals surface area contributed by atoms with Gasteiger partial charge in [0.1, 0.15) is 18.1 Å². The fourth-order valence-corrected chi connectivity index (χ4v) is 3.44. The monoisotopic (exact) mass is 493 g/mol. The summed E-state index contributed by atoms with van der Waals surface area (Å²) in [6, 6.07) is 12.7. The second-order valence-corrected chi connectivity index (χ2v) is 8.87. The number of ether oxygens (including phenoxy) is 3. The topological polar surface area (TPSA) is 73.9 Å². The van der Waals surface area contributed by atoms with E-state index in [1.54, 1.807) is 25.1 Å². The molecule has 0 aliphatic heterocycles. The lowest BCUT2D eigenvalue weighted by Crippen LogP contribution is -2.15. The van der Waals surface area contributed by atoms with Crippen LogP contribution in [0, 0.1) is 6.92 Å². The molecule has 0 atom stereocenters. The Morgan fingerprint density at radius 2 is 1.75 bits per heavy atom. The van der Waals surface area contributed by atoms with Gasteiger partial charge in [-0.3, -0.25) is 9.59 Å². The minimum atomic E-state index is -0.261. The Balaban J connectivity index is 1.91. The highest BCUT2D eigenvalue weighted by atomic mass is 16.5. The molecule has 0 heterocycles. The van der Waals surface area contributed by atoms with Gasteiger partial charge in [-0.05, 0) is 95.9 Å². The summed E-state index contributed by atoms with van der Waals surface area (Å²) in [7, 11) is 0. The summed E-state index contributed by atoms with van der Waals surface area (Å²) in [5, 5.41) is 2.96. The number of para-hydroxylation sites is 1. The molecule has 0 aromatic heterocycles. The lowest BCUT2D eigenvalue weighted by molar-refractivity contribution is -0.143. The molecule has 0 aliphatic carbocycles. The molecule has 6 nitrogen and oxygen atoms in total. The quantitative estimate of drug-likeness (QED) is 0.174. The van der Waals surface area contributed by atoms with Crippen molar-refractivity contribution in [3.05, 3.63) is 76.9 Å². The Morgan fingerprint density at radius 3 is 2.47 bits per heavy atom. The summed E-state index contributed by atoms with van der Waals surface area (Å²) in [6.07, 6.45) is 7.20. The molecule has 2 aromatic rings. The number of nitrogens with one attached hydrogen (secondary N) is 1. The van der Waals surface area contributed by atoms with Gasteiger partial charge in [0.15, 0.2) is 0 Å². The van der Waals surface area contributed by atoms with Crippen LogP contribution in [0.4, 0.5) is 5.69 Å². The number of hydrogen-bond acceptors (Lipinski definition) is 5. The lowest BCUT2D eigenvalue weighted by atomic mass is 10.1. The lowest BCUT2D eigenvalue weighted by Gasteiger charge is -2.14. The van der Waals surface area contributed by atoms with Crippen LogP contribution in [0.3, 0.4) is 0 Å². The highest BCUT2D eigenvalue weighted by Crippen LogP contribution is 2.24. The number of rotatable bonds is 14. The average Bonchev–Trinajstić information content (AvgIpc) is 2.83. The smallest absolute Gasteiger partial charge is 0.305 e. The molecule has 0 fully saturated rings. The molecule has 0 radical (unpaired) electrons. The summed E-state index contributed by atoms with van der Waals surface area (Å²) in [5.74, 6) is 0.718. The van der Waals surface area contributed by atoms with E-state index in [0.717, 1.165) is 24.2 Å². The molecule has 6 heteroatoms. The zero-order chi connectivity index (χ0) is 26.3. The van der Waals surface area contributed by atoms with Crippen molar-refractivity contribution in [1.82, 2.24) is 0 Å². The van der Waals surface area contributed by atoms with Crippen molar-refractivity contribution in [2.75, 3.05) is 25.1 Å². The van der Waals surface area contributed by atoms with Gasteiger partial charge in [-0.15, -0.1) is 0 Å². The molecule has 2 aromatic carbocycles. The molecule has 0 saturated carbocycles. The third-order valence-electron chi connectivity index (χ3n) is 5.44. The van der Waals surface area contributed by atoms with Crippen molar-refractivity contribution in [3.8, 4) is 11.5 Å². The zero-order valence-corrected chi connectivity index (χ0v) is 22.2. The van der Waals surface area contributed by atoms with Crippen LogP contribution >= 0.6 is 0 Å². The van der Waals surface area contributed by atoms with Crippen molar-refractivity contribution in [1.29, 1.82) is 0 Å². The number of benzene rings is 2. The maximum atomic E-state index is 13.0. The number of aryl methyl sites for hydroxylation is 1. The highest BCUT2D eigenvalue weighted by molar-refractivity contribution is 6.06. The first kappa shape index (κ1) is 28.7. The van der Waals surface area contributed by atoms with Crippen LogP contribution in [-0.2, 0) is 9.53 Å². The molecule has 2 rings (SSSR count). The van der Waals surface area contributed by atoms with Gasteiger partial charge >= 0.3 is 5.97 Å². The van der Waals surface area contributed by atoms with E-state index < -0.39 is 0 Å². The van der Waals surface area contributed by atoms with E-state index in [2.05, 4.69) is 38.2 Å². The Kier molecular flexibility index (Phi) is 12.3. The summed E-state index contributed by atoms with van der Waals surface area (Å²) >= 11 is 0. The summed E-state index contributed by atoms with van der Waals surface area (Å²) in [6.45, 7) is 11.2. The normalized spacial score (nSPS) is 11.0. The second-order valence-electron chi connectivity index (χ2n) is 8.87. The predicted molar refractivity (Wildman–Crippen MR) is 145 cm³/mol. The van der Waals surface area contributed by atoms with Crippen LogP contribution in [0.2, 0.25) is 0 Å². The van der Waals surface area contributed by atoms with Gasteiger partial charge in [0.25, 0.3) is 5.91 Å². The van der Waals surface area contributed by atoms with Gasteiger partial charge in [0, 0.05) is 12.1 Å². The van der Waals surface area contributed by atoms with Crippen molar-refractivity contribution in [3.63, 3.8) is 0 Å². The third-order valence-corrected chi connectivity index (χ3v) is 5.44. The molecule has 0 aliphatic rings. The van der Waals surface area contributed by atoms with E-state index in [0.29, 0.717) is 43.2 Å². The van der Waals surface area contributed by atoms with Gasteiger partial charge in [-0.1, -0.05) is 29.4 Å². The van der Waals surface area contributed by atoms with Gasteiger partial charge in [-0.2, -0.15) is 0 Å². The van der Waals surface area contributed by atoms with E-state index in [-0.39, 0.29) is 18.3 Å². The number of allylic oxidation sites excluding steroid dienone is 3. The SMILES string of the molecule is CCOC(=O)CCCOc1ccccc1C(=O)Nc1ccc(OCC=C(C)CCC=C(C)C)cc1C. The van der Waals surface area contributed by atoms with E-state index in [9.17, 15) is 9.59 Å². The molecule has 1 amide bonds. The van der Waals surface area contributed by atoms with Gasteiger partial charge in [-0.25, -0.2) is 0 Å². The van der Waals surface area contributed by atoms with E-state index in [1.807, 2.05) is 31.2 Å². The Labute approximate surface area is 215 Å². The molecule has 194 valence electrons. The van der Waals surface area contributed by atoms with Gasteiger partial charge < -0.3 is 19.5 Å². The molecule has 1 N–H and O–H groups in total. The Morgan fingerprint density at radius 1 is 0.972 bits per heavy atom. The highest BCUT2D eigenvalue weighted by Gasteiger charge is 2.14. The van der Waals surface area contributed by atoms with Crippen LogP contribution in [0.1, 0.15) is 69.3 Å². The molecular weight excluding hydrogens is 454 g/mol. The maximum absolute atomic E-state index is 13.0. The molecule has 0 saturated heterocycles. The molecular formula is C30H39NO5. The van der Waals surface area contributed by atoms with Crippen LogP contribution < -0.4 is 14.8 Å². The van der Waals surface area contributed by atoms with E-state index in [1.165, 1.54) is 11.1 Å². The standard InChI is InChI=1S/C30H39NO5/c1-6-34-29(32)15-10-19-36-28-14-8-7-13-26(28)30(33)31-27-17-16-25(21-24(27)5)35-20-18-23(4)12-9-11-22(2)3/h7-8,11,13-14,16-18,21H,6,9-10,12,15,19-20H2,1-5H3,(H,31,33). The van der Waals surface area contributed by atoms with Crippen LogP contribution in [0.5, 0.6) is 11.5 Å². The van der Waals surface area contributed by atoms with E-state index >= 15 is 0 Å². The fourth-order valence-electron chi connectivity index (χ4n) is 3.44. The first-order chi connectivity index (χ1) is 17.3. The average molecular weight is 494 g/mol. The van der Waals surface area contributed by atoms with Crippen LogP contribution in [0.25, 0.3) is 0 Å². The van der Waals surface area contributed by atoms with Crippen molar-refractivity contribution >= 4 is 17.6 Å². The largest absolute Gasteiger partial charge is 0.493 e. The van der Waals surface area contributed by atoms with Gasteiger partial charge in [0.05, 0.1) is 18.8 Å². The molecule has 36 heavy (non-hydrogen) atoms. The van der Waals surface area contributed by atoms with Crippen molar-refractivity contribution in [2.45, 2.75) is 60.3 Å². The summed E-state index contributed by atoms with van der Waals surface area (Å²) < 4.78 is 16.6. The number of esters is 1. The Hall–Kier alpha value is -3.54. The third kappa shape index (κ3) is 10.4. The van der Waals surface area contributed by atoms with Crippen molar-refractivity contribution in [2.24, 2.45) is 0 Å². The van der Waals surface area contributed by atoms with Crippen LogP contribution in [-0.4, -0.2) is 31.7 Å². The van der Waals surface area contributed by atoms with Crippen molar-refractivity contribution < 1.29 is 23.8 Å². The predicted octanol–water partition coefficient (Wildman–Crippen LogP) is 7.04. The minimum absolute atomic E-state index is 0.249. The first-order valence-electron chi connectivity index (χ1n) is 12.5. The zero-order valence-electron chi connectivity index (χ0n) is 22.2. The molecule has 0 bridgehead atoms. The van der Waals surface area contributed by atoms with Crippen LogP contribution in [0.15, 0.2) is 65.8 Å². The minimum Gasteiger partial charge on any atom is -0.493 e. The maximum Gasteiger partial charge on any atom is 0.305 e. The number of anilines is 1. The second kappa shape index (κ2) is 15.5. The van der Waals surface area contributed by atoms with Gasteiger partial charge in [0.2, 0.25) is 0 Å². The molecule has 0 unspecified atom stereocenters. The number of amides is 1. The number of carbonyl (C=O) groups is 2. The number of hydrogen-bond donors (Lipinski definition) is 1. The Bertz CT molecular complexity index is 1070. The summed E-state index contributed by atoms with van der Waals surface area (Å²) in [4.78, 5) is 24.4.